The molecule has 1 aliphatic heterocycles. The van der Waals surface area contributed by atoms with Gasteiger partial charge in [-0.1, -0.05) is 0 Å². The molecule has 2 unspecified atom stereocenters. The van der Waals surface area contributed by atoms with Crippen molar-refractivity contribution in [1.29, 1.82) is 0 Å². The zero-order valence-corrected chi connectivity index (χ0v) is 14.9. The van der Waals surface area contributed by atoms with Gasteiger partial charge >= 0.3 is 0 Å². The minimum absolute atomic E-state index is 0. The lowest BCUT2D eigenvalue weighted by molar-refractivity contribution is -0.0440. The van der Waals surface area contributed by atoms with Crippen LogP contribution in [0, 0.1) is 0 Å². The standard InChI is InChI=1S/C13H24N4O3S.ClH/c1-11-8-17(9-12(2)20-11)21(18,19)5-4-14-6-13-7-15-16(3)10-13;/h7,10-12,14H,4-6,8-9H2,1-3H3;1H. The quantitative estimate of drug-likeness (QED) is 0.749. The maximum atomic E-state index is 12.3. The van der Waals surface area contributed by atoms with Gasteiger partial charge in [0.2, 0.25) is 10.0 Å². The smallest absolute Gasteiger partial charge is 0.215 e. The minimum atomic E-state index is -3.23. The molecule has 0 spiro atoms. The van der Waals surface area contributed by atoms with Crippen LogP contribution in [0.1, 0.15) is 19.4 Å². The molecule has 1 aromatic heterocycles. The van der Waals surface area contributed by atoms with Gasteiger partial charge in [0.15, 0.2) is 0 Å². The Labute approximate surface area is 138 Å². The Morgan fingerprint density at radius 2 is 2.00 bits per heavy atom. The van der Waals surface area contributed by atoms with Gasteiger partial charge in [0, 0.05) is 45.0 Å². The van der Waals surface area contributed by atoms with Gasteiger partial charge in [0.05, 0.1) is 24.2 Å². The first-order chi connectivity index (χ1) is 9.87. The van der Waals surface area contributed by atoms with Crippen molar-refractivity contribution in [3.63, 3.8) is 0 Å². The highest BCUT2D eigenvalue weighted by atomic mass is 35.5. The number of aromatic nitrogens is 2. The summed E-state index contributed by atoms with van der Waals surface area (Å²) in [6.45, 7) is 5.73. The van der Waals surface area contributed by atoms with Gasteiger partial charge in [-0.2, -0.15) is 9.40 Å². The van der Waals surface area contributed by atoms with Crippen LogP contribution in [0.2, 0.25) is 0 Å². The number of ether oxygens (including phenoxy) is 1. The third-order valence-electron chi connectivity index (χ3n) is 3.40. The fourth-order valence-electron chi connectivity index (χ4n) is 2.48. The zero-order chi connectivity index (χ0) is 15.5. The maximum absolute atomic E-state index is 12.3. The summed E-state index contributed by atoms with van der Waals surface area (Å²) in [5.41, 5.74) is 1.04. The van der Waals surface area contributed by atoms with Crippen molar-refractivity contribution in [2.24, 2.45) is 7.05 Å². The predicted octanol–water partition coefficient (Wildman–Crippen LogP) is 0.371. The Hall–Kier alpha value is -0.670. The highest BCUT2D eigenvalue weighted by Gasteiger charge is 2.30. The van der Waals surface area contributed by atoms with E-state index in [0.717, 1.165) is 5.56 Å². The molecule has 2 rings (SSSR count). The molecule has 0 bridgehead atoms. The number of morpholine rings is 1. The molecule has 1 aliphatic rings. The summed E-state index contributed by atoms with van der Waals surface area (Å²) in [7, 11) is -1.37. The first kappa shape index (κ1) is 19.4. The van der Waals surface area contributed by atoms with Crippen LogP contribution in [-0.2, 0) is 28.4 Å². The Morgan fingerprint density at radius 3 is 2.55 bits per heavy atom. The first-order valence-electron chi connectivity index (χ1n) is 7.18. The number of hydrogen-bond donors (Lipinski definition) is 1. The molecule has 0 aromatic carbocycles. The molecule has 1 N–H and O–H groups in total. The highest BCUT2D eigenvalue weighted by Crippen LogP contribution is 2.14. The van der Waals surface area contributed by atoms with Crippen LogP contribution in [0.25, 0.3) is 0 Å². The molecule has 7 nitrogen and oxygen atoms in total. The lowest BCUT2D eigenvalue weighted by Gasteiger charge is -2.34. The van der Waals surface area contributed by atoms with Gasteiger partial charge in [0.25, 0.3) is 0 Å². The summed E-state index contributed by atoms with van der Waals surface area (Å²) in [6, 6.07) is 0. The summed E-state index contributed by atoms with van der Waals surface area (Å²) < 4.78 is 33.4. The first-order valence-corrected chi connectivity index (χ1v) is 8.79. The fourth-order valence-corrected chi connectivity index (χ4v) is 4.02. The van der Waals surface area contributed by atoms with Crippen LogP contribution in [0.3, 0.4) is 0 Å². The van der Waals surface area contributed by atoms with Crippen molar-refractivity contribution in [3.8, 4) is 0 Å². The number of nitrogens with zero attached hydrogens (tertiary/aromatic N) is 3. The maximum Gasteiger partial charge on any atom is 0.215 e. The van der Waals surface area contributed by atoms with Gasteiger partial charge in [-0.15, -0.1) is 12.4 Å². The predicted molar refractivity (Wildman–Crippen MR) is 87.5 cm³/mol. The number of aryl methyl sites for hydroxylation is 1. The van der Waals surface area contributed by atoms with E-state index in [9.17, 15) is 8.42 Å². The van der Waals surface area contributed by atoms with Crippen molar-refractivity contribution in [2.45, 2.75) is 32.6 Å². The molecule has 9 heteroatoms. The summed E-state index contributed by atoms with van der Waals surface area (Å²) in [5, 5.41) is 7.21. The largest absolute Gasteiger partial charge is 0.373 e. The lowest BCUT2D eigenvalue weighted by Crippen LogP contribution is -2.49. The van der Waals surface area contributed by atoms with E-state index in [-0.39, 0.29) is 30.4 Å². The number of hydrogen-bond acceptors (Lipinski definition) is 5. The van der Waals surface area contributed by atoms with Crippen LogP contribution >= 0.6 is 12.4 Å². The topological polar surface area (TPSA) is 76.5 Å². The number of rotatable bonds is 6. The van der Waals surface area contributed by atoms with Crippen molar-refractivity contribution in [1.82, 2.24) is 19.4 Å². The Bertz CT molecular complexity index is 553. The molecule has 0 radical (unpaired) electrons. The monoisotopic (exact) mass is 352 g/mol. The van der Waals surface area contributed by atoms with Crippen molar-refractivity contribution in [3.05, 3.63) is 18.0 Å². The molecule has 1 saturated heterocycles. The van der Waals surface area contributed by atoms with Crippen molar-refractivity contribution in [2.75, 3.05) is 25.4 Å². The third kappa shape index (κ3) is 5.51. The average molecular weight is 353 g/mol. The summed E-state index contributed by atoms with van der Waals surface area (Å²) >= 11 is 0. The van der Waals surface area contributed by atoms with E-state index < -0.39 is 10.0 Å². The summed E-state index contributed by atoms with van der Waals surface area (Å²) in [4.78, 5) is 0. The molecule has 2 heterocycles. The lowest BCUT2D eigenvalue weighted by atomic mass is 10.3. The zero-order valence-electron chi connectivity index (χ0n) is 13.2. The van der Waals surface area contributed by atoms with Gasteiger partial charge < -0.3 is 10.1 Å². The molecular weight excluding hydrogens is 328 g/mol. The molecule has 0 amide bonds. The molecule has 2 atom stereocenters. The Balaban J connectivity index is 0.00000242. The van der Waals surface area contributed by atoms with E-state index >= 15 is 0 Å². The Morgan fingerprint density at radius 1 is 1.36 bits per heavy atom. The highest BCUT2D eigenvalue weighted by molar-refractivity contribution is 7.89. The second-order valence-corrected chi connectivity index (χ2v) is 7.68. The third-order valence-corrected chi connectivity index (χ3v) is 5.21. The average Bonchev–Trinajstić information content (AvgIpc) is 2.79. The minimum Gasteiger partial charge on any atom is -0.373 e. The molecule has 0 aliphatic carbocycles. The molecule has 1 aromatic rings. The molecule has 1 fully saturated rings. The van der Waals surface area contributed by atoms with E-state index in [1.54, 1.807) is 10.9 Å². The summed E-state index contributed by atoms with van der Waals surface area (Å²) in [6.07, 6.45) is 3.58. The molecule has 128 valence electrons. The van der Waals surface area contributed by atoms with E-state index in [4.69, 9.17) is 4.74 Å². The van der Waals surface area contributed by atoms with Gasteiger partial charge in [0.1, 0.15) is 0 Å². The van der Waals surface area contributed by atoms with Gasteiger partial charge in [-0.05, 0) is 13.8 Å². The van der Waals surface area contributed by atoms with Crippen LogP contribution in [0.5, 0.6) is 0 Å². The molecule has 0 saturated carbocycles. The van der Waals surface area contributed by atoms with Crippen molar-refractivity contribution >= 4 is 22.4 Å². The molecular formula is C13H25ClN4O3S. The normalized spacial score (nSPS) is 23.2. The van der Waals surface area contributed by atoms with Gasteiger partial charge in [-0.25, -0.2) is 8.42 Å². The second-order valence-electron chi connectivity index (χ2n) is 5.59. The van der Waals surface area contributed by atoms with E-state index in [1.165, 1.54) is 4.31 Å². The number of nitrogens with one attached hydrogen (secondary N) is 1. The SMILES string of the molecule is CC1CN(S(=O)(=O)CCNCc2cnn(C)c2)CC(C)O1.Cl. The molecule has 22 heavy (non-hydrogen) atoms. The summed E-state index contributed by atoms with van der Waals surface area (Å²) in [5.74, 6) is 0.104. The van der Waals surface area contributed by atoms with Crippen LogP contribution in [0.4, 0.5) is 0 Å². The van der Waals surface area contributed by atoms with E-state index in [1.807, 2.05) is 27.1 Å². The fraction of sp³-hybridized carbons (Fsp3) is 0.769. The number of sulfonamides is 1. The van der Waals surface area contributed by atoms with E-state index in [2.05, 4.69) is 10.4 Å². The van der Waals surface area contributed by atoms with Crippen LogP contribution in [0.15, 0.2) is 12.4 Å². The van der Waals surface area contributed by atoms with Crippen LogP contribution < -0.4 is 5.32 Å². The van der Waals surface area contributed by atoms with E-state index in [0.29, 0.717) is 26.2 Å². The van der Waals surface area contributed by atoms with Crippen LogP contribution in [-0.4, -0.2) is 60.1 Å². The van der Waals surface area contributed by atoms with Crippen molar-refractivity contribution < 1.29 is 13.2 Å². The van der Waals surface area contributed by atoms with Gasteiger partial charge in [-0.3, -0.25) is 4.68 Å². The Kier molecular flexibility index (Phi) is 7.27. The second kappa shape index (κ2) is 8.26. The number of halogens is 1.